The van der Waals surface area contributed by atoms with Gasteiger partial charge in [-0.15, -0.1) is 0 Å². The number of nitrogen functional groups attached to an aromatic ring is 1. The summed E-state index contributed by atoms with van der Waals surface area (Å²) in [5.41, 5.74) is 6.11. The minimum absolute atomic E-state index is 0.0409. The van der Waals surface area contributed by atoms with Gasteiger partial charge in [-0.2, -0.15) is 4.31 Å². The molecule has 8 heteroatoms. The van der Waals surface area contributed by atoms with E-state index in [0.29, 0.717) is 15.2 Å². The maximum absolute atomic E-state index is 12.8. The van der Waals surface area contributed by atoms with Crippen LogP contribution in [0.1, 0.15) is 12.8 Å². The van der Waals surface area contributed by atoms with Crippen LogP contribution in [-0.4, -0.2) is 50.8 Å². The minimum Gasteiger partial charge on any atom is -0.398 e. The SMILES string of the molecule is CN1CCCC(N(C)S(=O)(=O)c2cc(Cl)cc(N)c2Br)C1. The average molecular weight is 397 g/mol. The number of anilines is 1. The van der Waals surface area contributed by atoms with Crippen LogP contribution in [0.15, 0.2) is 21.5 Å². The fourth-order valence-corrected chi connectivity index (χ4v) is 5.19. The van der Waals surface area contributed by atoms with Crippen molar-refractivity contribution >= 4 is 43.2 Å². The van der Waals surface area contributed by atoms with E-state index in [2.05, 4.69) is 20.8 Å². The summed E-state index contributed by atoms with van der Waals surface area (Å²) in [6.07, 6.45) is 1.84. The number of hydrogen-bond donors (Lipinski definition) is 1. The minimum atomic E-state index is -3.64. The molecule has 1 fully saturated rings. The third-order valence-electron chi connectivity index (χ3n) is 3.80. The molecule has 0 amide bonds. The number of sulfonamides is 1. The van der Waals surface area contributed by atoms with Crippen LogP contribution in [-0.2, 0) is 10.0 Å². The van der Waals surface area contributed by atoms with Crippen LogP contribution >= 0.6 is 27.5 Å². The third kappa shape index (κ3) is 3.53. The first-order valence-electron chi connectivity index (χ1n) is 6.64. The van der Waals surface area contributed by atoms with Gasteiger partial charge in [-0.3, -0.25) is 0 Å². The molecule has 5 nitrogen and oxygen atoms in total. The van der Waals surface area contributed by atoms with Crippen LogP contribution in [0, 0.1) is 0 Å². The Kier molecular flexibility index (Phi) is 5.20. The molecule has 1 aromatic rings. The fraction of sp³-hybridized carbons (Fsp3) is 0.538. The molecule has 2 N–H and O–H groups in total. The highest BCUT2D eigenvalue weighted by Gasteiger charge is 2.32. The predicted molar refractivity (Wildman–Crippen MR) is 89.0 cm³/mol. The van der Waals surface area contributed by atoms with Gasteiger partial charge in [0.05, 0.1) is 9.37 Å². The number of halogens is 2. The number of nitrogens with two attached hydrogens (primary N) is 1. The number of likely N-dealkylation sites (N-methyl/N-ethyl adjacent to an activating group) is 2. The van der Waals surface area contributed by atoms with E-state index in [0.717, 1.165) is 25.9 Å². The van der Waals surface area contributed by atoms with Crippen LogP contribution in [0.4, 0.5) is 5.69 Å². The molecule has 1 aliphatic rings. The van der Waals surface area contributed by atoms with Gasteiger partial charge in [-0.1, -0.05) is 11.6 Å². The number of piperidine rings is 1. The molecular weight excluding hydrogens is 378 g/mol. The van der Waals surface area contributed by atoms with Crippen molar-refractivity contribution in [3.05, 3.63) is 21.6 Å². The van der Waals surface area contributed by atoms with Crippen molar-refractivity contribution in [2.75, 3.05) is 32.9 Å². The Labute approximate surface area is 139 Å². The van der Waals surface area contributed by atoms with Gasteiger partial charge in [0, 0.05) is 30.3 Å². The van der Waals surface area contributed by atoms with Crippen LogP contribution in [0.3, 0.4) is 0 Å². The van der Waals surface area contributed by atoms with Gasteiger partial charge in [0.25, 0.3) is 0 Å². The summed E-state index contributed by atoms with van der Waals surface area (Å²) in [6.45, 7) is 1.72. The van der Waals surface area contributed by atoms with Crippen molar-refractivity contribution in [1.29, 1.82) is 0 Å². The predicted octanol–water partition coefficient (Wildman–Crippen LogP) is 2.40. The maximum atomic E-state index is 12.8. The number of hydrogen-bond acceptors (Lipinski definition) is 4. The molecule has 1 aliphatic heterocycles. The Morgan fingerprint density at radius 1 is 1.48 bits per heavy atom. The van der Waals surface area contributed by atoms with E-state index >= 15 is 0 Å². The summed E-state index contributed by atoms with van der Waals surface area (Å²) in [7, 11) is -0.0287. The second-order valence-corrected chi connectivity index (χ2v) is 8.58. The summed E-state index contributed by atoms with van der Waals surface area (Å²) in [5, 5.41) is 0.309. The Hall–Kier alpha value is -0.340. The fourth-order valence-electron chi connectivity index (χ4n) is 2.56. The zero-order valence-electron chi connectivity index (χ0n) is 12.0. The second kappa shape index (κ2) is 6.42. The Bertz CT molecular complexity index is 639. The van der Waals surface area contributed by atoms with Gasteiger partial charge < -0.3 is 10.6 Å². The molecule has 1 saturated heterocycles. The maximum Gasteiger partial charge on any atom is 0.244 e. The summed E-state index contributed by atoms with van der Waals surface area (Å²) in [6, 6.07) is 2.92. The summed E-state index contributed by atoms with van der Waals surface area (Å²) in [5.74, 6) is 0. The molecule has 0 aromatic heterocycles. The molecule has 118 valence electrons. The highest BCUT2D eigenvalue weighted by atomic mass is 79.9. The summed E-state index contributed by atoms with van der Waals surface area (Å²) < 4.78 is 27.4. The highest BCUT2D eigenvalue weighted by molar-refractivity contribution is 9.10. The topological polar surface area (TPSA) is 66.6 Å². The van der Waals surface area contributed by atoms with E-state index in [1.54, 1.807) is 7.05 Å². The van der Waals surface area contributed by atoms with Crippen molar-refractivity contribution in [3.63, 3.8) is 0 Å². The second-order valence-electron chi connectivity index (χ2n) is 5.39. The van der Waals surface area contributed by atoms with E-state index in [1.807, 2.05) is 7.05 Å². The Morgan fingerprint density at radius 3 is 2.76 bits per heavy atom. The largest absolute Gasteiger partial charge is 0.398 e. The van der Waals surface area contributed by atoms with E-state index in [9.17, 15) is 8.42 Å². The normalized spacial score (nSPS) is 20.9. The van der Waals surface area contributed by atoms with Crippen LogP contribution < -0.4 is 5.73 Å². The first kappa shape index (κ1) is 17.0. The van der Waals surface area contributed by atoms with Gasteiger partial charge in [0.2, 0.25) is 10.0 Å². The number of rotatable bonds is 3. The van der Waals surface area contributed by atoms with E-state index in [-0.39, 0.29) is 10.9 Å². The standard InChI is InChI=1S/C13H19BrClN3O2S/c1-17-5-3-4-10(8-17)18(2)21(19,20)12-7-9(15)6-11(16)13(12)14/h6-7,10H,3-5,8,16H2,1-2H3. The van der Waals surface area contributed by atoms with Gasteiger partial charge in [0.1, 0.15) is 0 Å². The number of nitrogens with zero attached hydrogens (tertiary/aromatic N) is 2. The van der Waals surface area contributed by atoms with Gasteiger partial charge in [-0.25, -0.2) is 8.42 Å². The molecular formula is C13H19BrClN3O2S. The first-order chi connectivity index (χ1) is 9.73. The van der Waals surface area contributed by atoms with Crippen molar-refractivity contribution in [2.24, 2.45) is 0 Å². The number of benzene rings is 1. The summed E-state index contributed by atoms with van der Waals surface area (Å²) >= 11 is 9.20. The molecule has 1 aromatic carbocycles. The lowest BCUT2D eigenvalue weighted by molar-refractivity contribution is 0.187. The molecule has 1 unspecified atom stereocenters. The van der Waals surface area contributed by atoms with Crippen molar-refractivity contribution in [2.45, 2.75) is 23.8 Å². The van der Waals surface area contributed by atoms with Gasteiger partial charge in [0.15, 0.2) is 0 Å². The lowest BCUT2D eigenvalue weighted by Crippen LogP contribution is -2.47. The molecule has 2 rings (SSSR count). The zero-order valence-corrected chi connectivity index (χ0v) is 15.2. The van der Waals surface area contributed by atoms with Crippen molar-refractivity contribution in [1.82, 2.24) is 9.21 Å². The van der Waals surface area contributed by atoms with E-state index in [1.165, 1.54) is 16.4 Å². The Morgan fingerprint density at radius 2 is 2.14 bits per heavy atom. The van der Waals surface area contributed by atoms with Crippen LogP contribution in [0.2, 0.25) is 5.02 Å². The zero-order chi connectivity index (χ0) is 15.8. The average Bonchev–Trinajstić information content (AvgIpc) is 2.41. The quantitative estimate of drug-likeness (QED) is 0.797. The molecule has 1 heterocycles. The molecule has 0 saturated carbocycles. The van der Waals surface area contributed by atoms with Crippen LogP contribution in [0.25, 0.3) is 0 Å². The molecule has 1 atom stereocenters. The van der Waals surface area contributed by atoms with Crippen molar-refractivity contribution in [3.8, 4) is 0 Å². The molecule has 0 aliphatic carbocycles. The lowest BCUT2D eigenvalue weighted by Gasteiger charge is -2.35. The molecule has 21 heavy (non-hydrogen) atoms. The van der Waals surface area contributed by atoms with Gasteiger partial charge in [-0.05, 0) is 54.5 Å². The smallest absolute Gasteiger partial charge is 0.244 e. The van der Waals surface area contributed by atoms with E-state index < -0.39 is 10.0 Å². The number of likely N-dealkylation sites (tertiary alicyclic amines) is 1. The first-order valence-corrected chi connectivity index (χ1v) is 9.25. The summed E-state index contributed by atoms with van der Waals surface area (Å²) in [4.78, 5) is 2.25. The van der Waals surface area contributed by atoms with Crippen molar-refractivity contribution < 1.29 is 8.42 Å². The van der Waals surface area contributed by atoms with Gasteiger partial charge >= 0.3 is 0 Å². The molecule has 0 radical (unpaired) electrons. The van der Waals surface area contributed by atoms with Crippen LogP contribution in [0.5, 0.6) is 0 Å². The van der Waals surface area contributed by atoms with E-state index in [4.69, 9.17) is 17.3 Å². The third-order valence-corrected chi connectivity index (χ3v) is 7.10. The Balaban J connectivity index is 2.37. The molecule has 0 spiro atoms. The lowest BCUT2D eigenvalue weighted by atomic mass is 10.1. The molecule has 0 bridgehead atoms. The highest BCUT2D eigenvalue weighted by Crippen LogP contribution is 2.34. The monoisotopic (exact) mass is 395 g/mol.